The molecule has 1 aromatic rings. The molecule has 0 N–H and O–H groups in total. The summed E-state index contributed by atoms with van der Waals surface area (Å²) >= 11 is 0. The lowest BCUT2D eigenvalue weighted by Gasteiger charge is -1.95. The third kappa shape index (κ3) is 3.11. The molecule has 0 aliphatic heterocycles. The van der Waals surface area contributed by atoms with Gasteiger partial charge in [-0.3, -0.25) is 4.70 Å². The van der Waals surface area contributed by atoms with Crippen molar-refractivity contribution in [2.75, 3.05) is 0 Å². The van der Waals surface area contributed by atoms with Crippen LogP contribution in [0.1, 0.15) is 19.9 Å². The van der Waals surface area contributed by atoms with E-state index in [1.165, 1.54) is 0 Å². The van der Waals surface area contributed by atoms with Crippen LogP contribution in [0.3, 0.4) is 0 Å². The molecule has 0 bridgehead atoms. The zero-order chi connectivity index (χ0) is 6.85. The van der Waals surface area contributed by atoms with Crippen LogP contribution in [0.5, 0.6) is 0 Å². The Hall–Kier alpha value is -0.930. The zero-order valence-corrected chi connectivity index (χ0v) is 6.99. The molecule has 4 heteroatoms. The second kappa shape index (κ2) is 4.82. The molecule has 1 heterocycles. The lowest BCUT2D eigenvalue weighted by atomic mass is 10.4. The lowest BCUT2D eigenvalue weighted by Crippen LogP contribution is -3.00. The van der Waals surface area contributed by atoms with Crippen molar-refractivity contribution >= 4 is 0 Å². The second-order valence-electron chi connectivity index (χ2n) is 2.62. The third-order valence-electron chi connectivity index (χ3n) is 1.39. The molecule has 0 spiro atoms. The van der Waals surface area contributed by atoms with Gasteiger partial charge < -0.3 is 4.70 Å². The maximum Gasteiger partial charge on any atom is 0.243 e. The highest BCUT2D eigenvalue weighted by molar-refractivity contribution is 4.69. The van der Waals surface area contributed by atoms with Gasteiger partial charge in [-0.1, -0.05) is 0 Å². The Labute approximate surface area is 65.2 Å². The molecule has 0 aliphatic carbocycles. The summed E-state index contributed by atoms with van der Waals surface area (Å²) in [6, 6.07) is 0.575. The summed E-state index contributed by atoms with van der Waals surface area (Å²) in [5.74, 6) is 0. The van der Waals surface area contributed by atoms with Crippen LogP contribution in [-0.2, 0) is 7.05 Å². The van der Waals surface area contributed by atoms with E-state index in [1.807, 2.05) is 17.8 Å². The number of aryl methyl sites for hydroxylation is 1. The molecular formula is C7H14F2N2. The van der Waals surface area contributed by atoms with Crippen molar-refractivity contribution in [3.63, 3.8) is 0 Å². The van der Waals surface area contributed by atoms with E-state index in [2.05, 4.69) is 30.9 Å². The number of hydrogen-bond donors (Lipinski definition) is 0. The molecule has 0 fully saturated rings. The first kappa shape index (κ1) is 12.7. The Bertz CT molecular complexity index is 196. The van der Waals surface area contributed by atoms with Crippen LogP contribution in [-0.4, -0.2) is 4.57 Å². The molecule has 11 heavy (non-hydrogen) atoms. The second-order valence-corrected chi connectivity index (χ2v) is 2.62. The van der Waals surface area contributed by atoms with Crippen molar-refractivity contribution in [2.24, 2.45) is 7.05 Å². The molecular weight excluding hydrogens is 150 g/mol. The molecule has 0 saturated carbocycles. The molecule has 0 aromatic carbocycles. The van der Waals surface area contributed by atoms with Gasteiger partial charge in [-0.05, 0) is 13.8 Å². The summed E-state index contributed by atoms with van der Waals surface area (Å²) in [5.41, 5.74) is 0. The average molecular weight is 164 g/mol. The topological polar surface area (TPSA) is 8.81 Å². The summed E-state index contributed by atoms with van der Waals surface area (Å²) in [6.07, 6.45) is 6.19. The summed E-state index contributed by atoms with van der Waals surface area (Å²) in [7, 11) is 2.03. The van der Waals surface area contributed by atoms with Crippen molar-refractivity contribution < 1.29 is 14.0 Å². The Balaban J connectivity index is 0. The molecule has 1 aromatic heterocycles. The van der Waals surface area contributed by atoms with Crippen molar-refractivity contribution in [2.45, 2.75) is 19.9 Å². The fourth-order valence-corrected chi connectivity index (χ4v) is 0.775. The van der Waals surface area contributed by atoms with Crippen LogP contribution in [0.4, 0.5) is 4.70 Å². The predicted molar refractivity (Wildman–Crippen MR) is 38.5 cm³/mol. The van der Waals surface area contributed by atoms with Crippen molar-refractivity contribution in [1.82, 2.24) is 4.57 Å². The Morgan fingerprint density at radius 1 is 1.36 bits per heavy atom. The number of halogens is 2. The quantitative estimate of drug-likeness (QED) is 0.427. The van der Waals surface area contributed by atoms with Gasteiger partial charge in [0.05, 0.1) is 13.1 Å². The largest absolute Gasteiger partial charge is 1.00 e. The smallest absolute Gasteiger partial charge is 0.243 e. The summed E-state index contributed by atoms with van der Waals surface area (Å²) in [6.45, 7) is 4.33. The van der Waals surface area contributed by atoms with Crippen molar-refractivity contribution in [1.29, 1.82) is 0 Å². The minimum Gasteiger partial charge on any atom is -1.00 e. The lowest BCUT2D eigenvalue weighted by molar-refractivity contribution is -0.671. The summed E-state index contributed by atoms with van der Waals surface area (Å²) in [4.78, 5) is 0. The van der Waals surface area contributed by atoms with Gasteiger partial charge in [0.1, 0.15) is 12.4 Å². The third-order valence-corrected chi connectivity index (χ3v) is 1.39. The van der Waals surface area contributed by atoms with Crippen LogP contribution >= 0.6 is 0 Å². The van der Waals surface area contributed by atoms with Crippen LogP contribution < -0.4 is 9.27 Å². The molecule has 0 amide bonds. The first-order chi connectivity index (χ1) is 4.20. The van der Waals surface area contributed by atoms with E-state index < -0.39 is 0 Å². The minimum atomic E-state index is 0. The molecule has 0 aliphatic rings. The fourth-order valence-electron chi connectivity index (χ4n) is 0.775. The van der Waals surface area contributed by atoms with Crippen LogP contribution in [0.2, 0.25) is 0 Å². The summed E-state index contributed by atoms with van der Waals surface area (Å²) < 4.78 is 4.21. The van der Waals surface area contributed by atoms with Crippen LogP contribution in [0, 0.1) is 0 Å². The molecule has 1 rings (SSSR count). The highest BCUT2D eigenvalue weighted by Crippen LogP contribution is 1.98. The van der Waals surface area contributed by atoms with Crippen molar-refractivity contribution in [3.8, 4) is 0 Å². The van der Waals surface area contributed by atoms with Gasteiger partial charge in [0, 0.05) is 0 Å². The fraction of sp³-hybridized carbons (Fsp3) is 0.571. The number of imidazole rings is 1. The normalized spacial score (nSPS) is 8.73. The highest BCUT2D eigenvalue weighted by atomic mass is 19.0. The van der Waals surface area contributed by atoms with E-state index in [0.717, 1.165) is 0 Å². The Morgan fingerprint density at radius 3 is 2.09 bits per heavy atom. The van der Waals surface area contributed by atoms with Crippen molar-refractivity contribution in [3.05, 3.63) is 18.7 Å². The van der Waals surface area contributed by atoms with Gasteiger partial charge in [0.2, 0.25) is 6.33 Å². The summed E-state index contributed by atoms with van der Waals surface area (Å²) in [5, 5.41) is 0. The molecule has 0 unspecified atom stereocenters. The number of aromatic nitrogens is 2. The van der Waals surface area contributed by atoms with Crippen LogP contribution in [0.15, 0.2) is 18.7 Å². The first-order valence-electron chi connectivity index (χ1n) is 3.23. The van der Waals surface area contributed by atoms with E-state index in [1.54, 1.807) is 0 Å². The van der Waals surface area contributed by atoms with Gasteiger partial charge >= 0.3 is 0 Å². The maximum atomic E-state index is 2.17. The van der Waals surface area contributed by atoms with E-state index in [4.69, 9.17) is 0 Å². The maximum absolute atomic E-state index is 2.17. The number of nitrogens with zero attached hydrogens (tertiary/aromatic N) is 2. The number of rotatable bonds is 1. The molecule has 66 valence electrons. The SMILES string of the molecule is CC(C)n1cc[n+](C)c1.F.[F-]. The number of hydrogen-bond acceptors (Lipinski definition) is 0. The Morgan fingerprint density at radius 2 is 1.91 bits per heavy atom. The standard InChI is InChI=1S/C7H13N2.2FH/c1-7(2)9-5-4-8(3)6-9;;/h4-7H,1-3H3;2*1H/q+1;;/p-1. The molecule has 0 saturated heterocycles. The molecule has 0 atom stereocenters. The van der Waals surface area contributed by atoms with Crippen LogP contribution in [0.25, 0.3) is 0 Å². The molecule has 2 nitrogen and oxygen atoms in total. The molecule has 0 radical (unpaired) electrons. The first-order valence-corrected chi connectivity index (χ1v) is 3.23. The van der Waals surface area contributed by atoms with E-state index in [9.17, 15) is 0 Å². The van der Waals surface area contributed by atoms with Gasteiger partial charge in [-0.2, -0.15) is 0 Å². The highest BCUT2D eigenvalue weighted by Gasteiger charge is 2.01. The van der Waals surface area contributed by atoms with Gasteiger partial charge in [-0.25, -0.2) is 9.13 Å². The average Bonchev–Trinajstić information content (AvgIpc) is 2.14. The Kier molecular flexibility index (Phi) is 5.57. The van der Waals surface area contributed by atoms with E-state index in [0.29, 0.717) is 6.04 Å². The predicted octanol–water partition coefficient (Wildman–Crippen LogP) is -1.95. The van der Waals surface area contributed by atoms with E-state index in [-0.39, 0.29) is 9.41 Å². The van der Waals surface area contributed by atoms with Gasteiger partial charge in [0.15, 0.2) is 0 Å². The van der Waals surface area contributed by atoms with E-state index >= 15 is 0 Å². The monoisotopic (exact) mass is 164 g/mol. The zero-order valence-electron chi connectivity index (χ0n) is 6.99. The minimum absolute atomic E-state index is 0. The van der Waals surface area contributed by atoms with Gasteiger partial charge in [-0.15, -0.1) is 0 Å². The van der Waals surface area contributed by atoms with Gasteiger partial charge in [0.25, 0.3) is 0 Å².